The first kappa shape index (κ1) is 9.20. The Morgan fingerprint density at radius 1 is 1.69 bits per heavy atom. The maximum Gasteiger partial charge on any atom is 0.120 e. The number of hydrogen-bond donors (Lipinski definition) is 0. The Hall–Kier alpha value is -0.370. The van der Waals surface area contributed by atoms with Gasteiger partial charge in [0.05, 0.1) is 11.7 Å². The van der Waals surface area contributed by atoms with Gasteiger partial charge in [0.1, 0.15) is 6.29 Å². The molecule has 2 nitrogen and oxygen atoms in total. The highest BCUT2D eigenvalue weighted by Crippen LogP contribution is 2.50. The molecule has 0 aromatic carbocycles. The third kappa shape index (κ3) is 1.64. The largest absolute Gasteiger partial charge is 0.366 e. The van der Waals surface area contributed by atoms with Crippen molar-refractivity contribution in [3.63, 3.8) is 0 Å². The van der Waals surface area contributed by atoms with Gasteiger partial charge in [0, 0.05) is 6.42 Å². The third-order valence-corrected chi connectivity index (χ3v) is 3.84. The van der Waals surface area contributed by atoms with Gasteiger partial charge in [0.25, 0.3) is 0 Å². The molecule has 1 saturated carbocycles. The Balaban J connectivity index is 1.86. The molecule has 1 saturated heterocycles. The second-order valence-electron chi connectivity index (χ2n) is 4.83. The van der Waals surface area contributed by atoms with E-state index in [9.17, 15) is 4.79 Å². The molecule has 2 heteroatoms. The average molecular weight is 182 g/mol. The van der Waals surface area contributed by atoms with E-state index in [0.717, 1.165) is 6.29 Å². The molecule has 0 bridgehead atoms. The molecular formula is C11H18O2. The first-order valence-corrected chi connectivity index (χ1v) is 5.27. The van der Waals surface area contributed by atoms with Crippen molar-refractivity contribution in [1.82, 2.24) is 0 Å². The quantitative estimate of drug-likeness (QED) is 0.494. The maximum atomic E-state index is 10.4. The summed E-state index contributed by atoms with van der Waals surface area (Å²) in [5.41, 5.74) is 0.220. The lowest BCUT2D eigenvalue weighted by Crippen LogP contribution is -2.25. The van der Waals surface area contributed by atoms with E-state index < -0.39 is 0 Å². The monoisotopic (exact) mass is 182 g/mol. The van der Waals surface area contributed by atoms with Crippen molar-refractivity contribution in [2.75, 3.05) is 0 Å². The fraction of sp³-hybridized carbons (Fsp3) is 0.909. The highest BCUT2D eigenvalue weighted by molar-refractivity contribution is 5.49. The summed E-state index contributed by atoms with van der Waals surface area (Å²) in [7, 11) is 0. The number of epoxide rings is 1. The van der Waals surface area contributed by atoms with Gasteiger partial charge < -0.3 is 9.53 Å². The van der Waals surface area contributed by atoms with Crippen molar-refractivity contribution >= 4 is 6.29 Å². The number of ether oxygens (including phenoxy) is 1. The Morgan fingerprint density at radius 2 is 2.46 bits per heavy atom. The average Bonchev–Trinajstić information content (AvgIpc) is 2.75. The molecule has 13 heavy (non-hydrogen) atoms. The van der Waals surface area contributed by atoms with E-state index in [-0.39, 0.29) is 5.60 Å². The highest BCUT2D eigenvalue weighted by atomic mass is 16.6. The van der Waals surface area contributed by atoms with Crippen molar-refractivity contribution in [2.24, 2.45) is 11.8 Å². The van der Waals surface area contributed by atoms with E-state index in [1.54, 1.807) is 0 Å². The van der Waals surface area contributed by atoms with Crippen LogP contribution in [0.3, 0.4) is 0 Å². The van der Waals surface area contributed by atoms with Crippen LogP contribution in [0.1, 0.15) is 39.5 Å². The van der Waals surface area contributed by atoms with E-state index >= 15 is 0 Å². The van der Waals surface area contributed by atoms with Crippen molar-refractivity contribution in [1.29, 1.82) is 0 Å². The molecule has 0 spiro atoms. The first-order valence-electron chi connectivity index (χ1n) is 5.27. The molecule has 2 aliphatic rings. The van der Waals surface area contributed by atoms with Crippen LogP contribution in [0.2, 0.25) is 0 Å². The van der Waals surface area contributed by atoms with Crippen LogP contribution in [-0.2, 0) is 9.53 Å². The number of aldehydes is 1. The number of rotatable bonds is 3. The summed E-state index contributed by atoms with van der Waals surface area (Å²) in [5.74, 6) is 1.26. The number of carbonyl (C=O) groups is 1. The number of carbonyl (C=O) groups excluding carboxylic acids is 1. The second kappa shape index (κ2) is 3.09. The van der Waals surface area contributed by atoms with Crippen LogP contribution < -0.4 is 0 Å². The molecule has 4 unspecified atom stereocenters. The Kier molecular flexibility index (Phi) is 2.18. The van der Waals surface area contributed by atoms with E-state index in [4.69, 9.17) is 4.74 Å². The van der Waals surface area contributed by atoms with Gasteiger partial charge in [0.15, 0.2) is 0 Å². The standard InChI is InChI=1S/C11H18O2/c1-8(4-6-12)9-3-5-11(2)10(7-9)13-11/h6,8-10H,3-5,7H2,1-2H3. The summed E-state index contributed by atoms with van der Waals surface area (Å²) in [6.45, 7) is 4.39. The summed E-state index contributed by atoms with van der Waals surface area (Å²) in [5, 5.41) is 0. The SMILES string of the molecule is CC(CC=O)C1CCC2(C)OC2C1. The van der Waals surface area contributed by atoms with Crippen molar-refractivity contribution < 1.29 is 9.53 Å². The van der Waals surface area contributed by atoms with Gasteiger partial charge >= 0.3 is 0 Å². The summed E-state index contributed by atoms with van der Waals surface area (Å²) in [4.78, 5) is 10.4. The summed E-state index contributed by atoms with van der Waals surface area (Å²) >= 11 is 0. The molecule has 1 heterocycles. The highest BCUT2D eigenvalue weighted by Gasteiger charge is 2.55. The minimum Gasteiger partial charge on any atom is -0.366 e. The number of fused-ring (bicyclic) bond motifs is 1. The van der Waals surface area contributed by atoms with E-state index in [2.05, 4.69) is 13.8 Å². The normalized spacial score (nSPS) is 45.1. The molecule has 1 aliphatic carbocycles. The number of hydrogen-bond acceptors (Lipinski definition) is 2. The van der Waals surface area contributed by atoms with E-state index in [1.807, 2.05) is 0 Å². The minimum absolute atomic E-state index is 0.220. The van der Waals surface area contributed by atoms with Crippen LogP contribution in [0.4, 0.5) is 0 Å². The van der Waals surface area contributed by atoms with Crippen molar-refractivity contribution in [3.05, 3.63) is 0 Å². The molecule has 0 aromatic rings. The lowest BCUT2D eigenvalue weighted by molar-refractivity contribution is -0.108. The predicted octanol–water partition coefficient (Wildman–Crippen LogP) is 2.17. The molecule has 0 aromatic heterocycles. The van der Waals surface area contributed by atoms with Crippen LogP contribution in [0.25, 0.3) is 0 Å². The fourth-order valence-electron chi connectivity index (χ4n) is 2.53. The topological polar surface area (TPSA) is 29.6 Å². The molecule has 0 amide bonds. The van der Waals surface area contributed by atoms with Gasteiger partial charge in [0.2, 0.25) is 0 Å². The van der Waals surface area contributed by atoms with E-state index in [0.29, 0.717) is 24.4 Å². The maximum absolute atomic E-state index is 10.4. The zero-order valence-corrected chi connectivity index (χ0v) is 8.45. The van der Waals surface area contributed by atoms with Gasteiger partial charge in [-0.1, -0.05) is 6.92 Å². The molecule has 74 valence electrons. The van der Waals surface area contributed by atoms with Crippen molar-refractivity contribution in [3.8, 4) is 0 Å². The van der Waals surface area contributed by atoms with Crippen molar-refractivity contribution in [2.45, 2.75) is 51.2 Å². The molecule has 0 radical (unpaired) electrons. The van der Waals surface area contributed by atoms with Gasteiger partial charge in [-0.05, 0) is 38.0 Å². The zero-order chi connectivity index (χ0) is 9.47. The Bertz CT molecular complexity index is 214. The molecule has 0 N–H and O–H groups in total. The first-order chi connectivity index (χ1) is 6.15. The van der Waals surface area contributed by atoms with Crippen LogP contribution >= 0.6 is 0 Å². The minimum atomic E-state index is 0.220. The van der Waals surface area contributed by atoms with Crippen LogP contribution in [0.5, 0.6) is 0 Å². The summed E-state index contributed by atoms with van der Waals surface area (Å²) in [6, 6.07) is 0. The molecule has 1 aliphatic heterocycles. The molecule has 2 fully saturated rings. The van der Waals surface area contributed by atoms with Gasteiger partial charge in [-0.2, -0.15) is 0 Å². The lowest BCUT2D eigenvalue weighted by Gasteiger charge is -2.26. The fourth-order valence-corrected chi connectivity index (χ4v) is 2.53. The Morgan fingerprint density at radius 3 is 3.08 bits per heavy atom. The van der Waals surface area contributed by atoms with Gasteiger partial charge in [-0.15, -0.1) is 0 Å². The van der Waals surface area contributed by atoms with Crippen LogP contribution in [0.15, 0.2) is 0 Å². The smallest absolute Gasteiger partial charge is 0.120 e. The summed E-state index contributed by atoms with van der Waals surface area (Å²) in [6.07, 6.45) is 5.86. The molecule has 2 rings (SSSR count). The molecule has 4 atom stereocenters. The Labute approximate surface area is 79.7 Å². The lowest BCUT2D eigenvalue weighted by atomic mass is 9.76. The molecular weight excluding hydrogens is 164 g/mol. The predicted molar refractivity (Wildman–Crippen MR) is 50.5 cm³/mol. The van der Waals surface area contributed by atoms with Gasteiger partial charge in [-0.25, -0.2) is 0 Å². The van der Waals surface area contributed by atoms with Crippen LogP contribution in [0, 0.1) is 11.8 Å². The van der Waals surface area contributed by atoms with E-state index in [1.165, 1.54) is 19.3 Å². The van der Waals surface area contributed by atoms with Crippen LogP contribution in [-0.4, -0.2) is 18.0 Å². The second-order valence-corrected chi connectivity index (χ2v) is 4.83. The zero-order valence-electron chi connectivity index (χ0n) is 8.45. The summed E-state index contributed by atoms with van der Waals surface area (Å²) < 4.78 is 5.64. The third-order valence-electron chi connectivity index (χ3n) is 3.84. The van der Waals surface area contributed by atoms with Gasteiger partial charge in [-0.3, -0.25) is 0 Å².